The van der Waals surface area contributed by atoms with Gasteiger partial charge in [0.15, 0.2) is 5.78 Å². The number of benzene rings is 3. The van der Waals surface area contributed by atoms with E-state index in [1.807, 2.05) is 30.3 Å². The van der Waals surface area contributed by atoms with Crippen LogP contribution in [0, 0.1) is 11.3 Å². The van der Waals surface area contributed by atoms with Crippen LogP contribution < -0.4 is 10.1 Å². The Hall–Kier alpha value is -4.58. The lowest BCUT2D eigenvalue weighted by Crippen LogP contribution is -2.36. The largest absolute Gasteiger partial charge is 0.573 e. The SMILES string of the molecule is CC(=O)c1ccc(-c2ccc(OC(F)(F)F)c(C(=O)NC(CC#N)Cc3c[nH]c4ccccc34)c2)cc1. The van der Waals surface area contributed by atoms with Gasteiger partial charge in [0.05, 0.1) is 18.1 Å². The normalized spacial score (nSPS) is 12.1. The molecule has 6 nitrogen and oxygen atoms in total. The van der Waals surface area contributed by atoms with Crippen molar-refractivity contribution in [1.29, 1.82) is 5.26 Å². The smallest absolute Gasteiger partial charge is 0.405 e. The van der Waals surface area contributed by atoms with E-state index in [-0.39, 0.29) is 17.8 Å². The van der Waals surface area contributed by atoms with E-state index >= 15 is 0 Å². The number of fused-ring (bicyclic) bond motifs is 1. The average Bonchev–Trinajstić information content (AvgIpc) is 3.26. The Kier molecular flexibility index (Phi) is 7.30. The molecule has 0 bridgehead atoms. The van der Waals surface area contributed by atoms with Gasteiger partial charge in [-0.3, -0.25) is 9.59 Å². The van der Waals surface area contributed by atoms with Gasteiger partial charge in [-0.25, -0.2) is 0 Å². The molecular formula is C28H22F3N3O3. The molecule has 0 fully saturated rings. The summed E-state index contributed by atoms with van der Waals surface area (Å²) in [5, 5.41) is 12.9. The number of carbonyl (C=O) groups is 2. The Bertz CT molecular complexity index is 1480. The van der Waals surface area contributed by atoms with Crippen LogP contribution >= 0.6 is 0 Å². The maximum Gasteiger partial charge on any atom is 0.573 e. The molecule has 1 aromatic heterocycles. The van der Waals surface area contributed by atoms with Gasteiger partial charge in [-0.15, -0.1) is 13.2 Å². The van der Waals surface area contributed by atoms with Crippen LogP contribution in [0.15, 0.2) is 72.9 Å². The average molecular weight is 505 g/mol. The number of ether oxygens (including phenoxy) is 1. The minimum atomic E-state index is -5.00. The van der Waals surface area contributed by atoms with Gasteiger partial charge >= 0.3 is 6.36 Å². The zero-order chi connectivity index (χ0) is 26.6. The van der Waals surface area contributed by atoms with Crippen LogP contribution in [-0.4, -0.2) is 29.1 Å². The zero-order valence-corrected chi connectivity index (χ0v) is 19.7. The highest BCUT2D eigenvalue weighted by molar-refractivity contribution is 5.99. The summed E-state index contributed by atoms with van der Waals surface area (Å²) in [6.07, 6.45) is -2.97. The molecule has 0 saturated carbocycles. The van der Waals surface area contributed by atoms with Crippen molar-refractivity contribution in [2.24, 2.45) is 0 Å². The number of hydrogen-bond donors (Lipinski definition) is 2. The Morgan fingerprint density at radius 1 is 1.05 bits per heavy atom. The number of amides is 1. The molecule has 0 radical (unpaired) electrons. The maximum atomic E-state index is 13.2. The number of H-pyrrole nitrogens is 1. The minimum Gasteiger partial charge on any atom is -0.405 e. The summed E-state index contributed by atoms with van der Waals surface area (Å²) in [7, 11) is 0. The van der Waals surface area contributed by atoms with E-state index in [1.54, 1.807) is 30.5 Å². The molecule has 0 aliphatic heterocycles. The van der Waals surface area contributed by atoms with Gasteiger partial charge < -0.3 is 15.0 Å². The van der Waals surface area contributed by atoms with Crippen molar-refractivity contribution in [3.63, 3.8) is 0 Å². The standard InChI is InChI=1S/C28H22F3N3O3/c1-17(35)18-6-8-19(9-7-18)20-10-11-26(37-28(29,30)31)24(15-20)27(36)34-22(12-13-32)14-21-16-33-25-5-3-2-4-23(21)25/h2-11,15-16,22,33H,12,14H2,1H3,(H,34,36). The van der Waals surface area contributed by atoms with E-state index in [1.165, 1.54) is 19.1 Å². The molecule has 2 N–H and O–H groups in total. The number of alkyl halides is 3. The number of Topliss-reactive ketones (excluding diaryl/α,β-unsaturated/α-hetero) is 1. The molecule has 0 aliphatic rings. The fraction of sp³-hybridized carbons (Fsp3) is 0.179. The fourth-order valence-electron chi connectivity index (χ4n) is 4.11. The molecule has 1 unspecified atom stereocenters. The molecule has 1 amide bonds. The predicted octanol–water partition coefficient (Wildman–Crippen LogP) is 6.19. The number of rotatable bonds is 8. The predicted molar refractivity (Wildman–Crippen MR) is 132 cm³/mol. The molecule has 188 valence electrons. The van der Waals surface area contributed by atoms with Crippen LogP contribution in [-0.2, 0) is 6.42 Å². The summed E-state index contributed by atoms with van der Waals surface area (Å²) in [5.74, 6) is -1.59. The molecular weight excluding hydrogens is 483 g/mol. The van der Waals surface area contributed by atoms with Crippen LogP contribution in [0.25, 0.3) is 22.0 Å². The van der Waals surface area contributed by atoms with Crippen molar-refractivity contribution in [3.8, 4) is 22.9 Å². The van der Waals surface area contributed by atoms with E-state index in [4.69, 9.17) is 0 Å². The number of hydrogen-bond acceptors (Lipinski definition) is 4. The lowest BCUT2D eigenvalue weighted by molar-refractivity contribution is -0.274. The summed E-state index contributed by atoms with van der Waals surface area (Å²) in [6.45, 7) is 1.43. The molecule has 0 saturated heterocycles. The zero-order valence-electron chi connectivity index (χ0n) is 19.7. The van der Waals surface area contributed by atoms with Crippen LogP contribution in [0.2, 0.25) is 0 Å². The number of nitrogens with one attached hydrogen (secondary N) is 2. The van der Waals surface area contributed by atoms with Crippen LogP contribution in [0.1, 0.15) is 39.6 Å². The van der Waals surface area contributed by atoms with Crippen LogP contribution in [0.4, 0.5) is 13.2 Å². The van der Waals surface area contributed by atoms with Gasteiger partial charge in [0.2, 0.25) is 0 Å². The number of aromatic amines is 1. The number of carbonyl (C=O) groups excluding carboxylic acids is 2. The molecule has 4 rings (SSSR count). The summed E-state index contributed by atoms with van der Waals surface area (Å²) < 4.78 is 43.4. The number of nitrogens with zero attached hydrogens (tertiary/aromatic N) is 1. The molecule has 3 aromatic carbocycles. The number of ketones is 1. The fourth-order valence-corrected chi connectivity index (χ4v) is 4.11. The summed E-state index contributed by atoms with van der Waals surface area (Å²) >= 11 is 0. The van der Waals surface area contributed by atoms with E-state index in [0.29, 0.717) is 23.1 Å². The molecule has 1 atom stereocenters. The quantitative estimate of drug-likeness (QED) is 0.279. The van der Waals surface area contributed by atoms with Gasteiger partial charge in [0.25, 0.3) is 5.91 Å². The highest BCUT2D eigenvalue weighted by Crippen LogP contribution is 2.31. The van der Waals surface area contributed by atoms with Gasteiger partial charge in [-0.2, -0.15) is 5.26 Å². The van der Waals surface area contributed by atoms with E-state index in [2.05, 4.69) is 15.0 Å². The number of nitriles is 1. The molecule has 37 heavy (non-hydrogen) atoms. The lowest BCUT2D eigenvalue weighted by atomic mass is 9.99. The first kappa shape index (κ1) is 25.5. The van der Waals surface area contributed by atoms with Crippen LogP contribution in [0.3, 0.4) is 0 Å². The third kappa shape index (κ3) is 6.16. The molecule has 4 aromatic rings. The van der Waals surface area contributed by atoms with Crippen molar-refractivity contribution in [2.75, 3.05) is 0 Å². The third-order valence-electron chi connectivity index (χ3n) is 5.89. The van der Waals surface area contributed by atoms with Crippen molar-refractivity contribution >= 4 is 22.6 Å². The van der Waals surface area contributed by atoms with E-state index in [9.17, 15) is 28.0 Å². The topological polar surface area (TPSA) is 95.0 Å². The first-order valence-electron chi connectivity index (χ1n) is 11.4. The van der Waals surface area contributed by atoms with E-state index in [0.717, 1.165) is 22.5 Å². The van der Waals surface area contributed by atoms with Crippen molar-refractivity contribution in [1.82, 2.24) is 10.3 Å². The number of halogens is 3. The molecule has 9 heteroatoms. The molecule has 0 spiro atoms. The second-order valence-electron chi connectivity index (χ2n) is 8.49. The number of para-hydroxylation sites is 1. The first-order valence-corrected chi connectivity index (χ1v) is 11.4. The Morgan fingerprint density at radius 3 is 2.43 bits per heavy atom. The highest BCUT2D eigenvalue weighted by Gasteiger charge is 2.33. The van der Waals surface area contributed by atoms with Crippen molar-refractivity contribution in [3.05, 3.63) is 89.6 Å². The second-order valence-corrected chi connectivity index (χ2v) is 8.49. The summed E-state index contributed by atoms with van der Waals surface area (Å²) in [5.41, 5.74) is 2.97. The third-order valence-corrected chi connectivity index (χ3v) is 5.89. The lowest BCUT2D eigenvalue weighted by Gasteiger charge is -2.19. The minimum absolute atomic E-state index is 0.0487. The summed E-state index contributed by atoms with van der Waals surface area (Å²) in [4.78, 5) is 27.9. The maximum absolute atomic E-state index is 13.2. The Balaban J connectivity index is 1.65. The van der Waals surface area contributed by atoms with Crippen molar-refractivity contribution < 1.29 is 27.5 Å². The number of aromatic nitrogens is 1. The van der Waals surface area contributed by atoms with Crippen molar-refractivity contribution in [2.45, 2.75) is 32.2 Å². The Labute approximate surface area is 210 Å². The highest BCUT2D eigenvalue weighted by atomic mass is 19.4. The molecule has 1 heterocycles. The van der Waals surface area contributed by atoms with Gasteiger partial charge in [0, 0.05) is 28.7 Å². The van der Waals surface area contributed by atoms with Crippen LogP contribution in [0.5, 0.6) is 5.75 Å². The Morgan fingerprint density at radius 2 is 1.76 bits per heavy atom. The van der Waals surface area contributed by atoms with E-state index < -0.39 is 24.1 Å². The van der Waals surface area contributed by atoms with Gasteiger partial charge in [0.1, 0.15) is 5.75 Å². The summed E-state index contributed by atoms with van der Waals surface area (Å²) in [6, 6.07) is 19.2. The first-order chi connectivity index (χ1) is 17.6. The second kappa shape index (κ2) is 10.6. The van der Waals surface area contributed by atoms with Gasteiger partial charge in [-0.05, 0) is 48.2 Å². The monoisotopic (exact) mass is 505 g/mol. The molecule has 0 aliphatic carbocycles. The van der Waals surface area contributed by atoms with Gasteiger partial charge in [-0.1, -0.05) is 48.5 Å².